The first-order valence-electron chi connectivity index (χ1n) is 7.61. The molecule has 20 heavy (non-hydrogen) atoms. The average Bonchev–Trinajstić information content (AvgIpc) is 2.91. The zero-order valence-electron chi connectivity index (χ0n) is 11.7. The molecule has 3 rings (SSSR count). The van der Waals surface area contributed by atoms with Crippen molar-refractivity contribution < 1.29 is 4.39 Å². The van der Waals surface area contributed by atoms with E-state index in [4.69, 9.17) is 5.73 Å². The first-order chi connectivity index (χ1) is 9.70. The fourth-order valence-electron chi connectivity index (χ4n) is 4.09. The number of hydrogen-bond acceptors (Lipinski definition) is 2. The molecule has 2 N–H and O–H groups in total. The van der Waals surface area contributed by atoms with Gasteiger partial charge < -0.3 is 5.73 Å². The first kappa shape index (κ1) is 14.5. The summed E-state index contributed by atoms with van der Waals surface area (Å²) in [4.78, 5) is 2.58. The van der Waals surface area contributed by atoms with Crippen molar-refractivity contribution in [2.75, 3.05) is 13.1 Å². The van der Waals surface area contributed by atoms with Crippen molar-refractivity contribution in [3.63, 3.8) is 0 Å². The lowest BCUT2D eigenvalue weighted by atomic mass is 9.89. The van der Waals surface area contributed by atoms with Crippen molar-refractivity contribution in [1.29, 1.82) is 0 Å². The molecule has 2 nitrogen and oxygen atoms in total. The fraction of sp³-hybridized carbons (Fsp3) is 0.625. The van der Waals surface area contributed by atoms with Crippen LogP contribution in [0.4, 0.5) is 4.39 Å². The van der Waals surface area contributed by atoms with Crippen LogP contribution in [0.1, 0.15) is 43.7 Å². The summed E-state index contributed by atoms with van der Waals surface area (Å²) >= 11 is 3.51. The van der Waals surface area contributed by atoms with Crippen LogP contribution >= 0.6 is 15.9 Å². The summed E-state index contributed by atoms with van der Waals surface area (Å²) in [5, 5.41) is 0. The van der Waals surface area contributed by atoms with E-state index in [-0.39, 0.29) is 11.9 Å². The number of benzene rings is 1. The Morgan fingerprint density at radius 2 is 2.10 bits per heavy atom. The number of halogens is 2. The molecule has 3 atom stereocenters. The number of nitrogens with two attached hydrogens (primary N) is 1. The predicted molar refractivity (Wildman–Crippen MR) is 83.0 cm³/mol. The van der Waals surface area contributed by atoms with Crippen LogP contribution < -0.4 is 5.73 Å². The maximum atomic E-state index is 13.3. The van der Waals surface area contributed by atoms with Crippen molar-refractivity contribution in [2.24, 2.45) is 11.7 Å². The third kappa shape index (κ3) is 2.66. The molecular weight excluding hydrogens is 319 g/mol. The minimum atomic E-state index is -0.200. The molecule has 0 aromatic heterocycles. The zero-order valence-corrected chi connectivity index (χ0v) is 13.3. The fourth-order valence-corrected chi connectivity index (χ4v) is 4.71. The lowest BCUT2D eigenvalue weighted by Crippen LogP contribution is -2.46. The minimum absolute atomic E-state index is 0.200. The third-order valence-corrected chi connectivity index (χ3v) is 5.67. The second kappa shape index (κ2) is 6.12. The van der Waals surface area contributed by atoms with Crippen molar-refractivity contribution in [3.05, 3.63) is 34.1 Å². The quantitative estimate of drug-likeness (QED) is 0.905. The predicted octanol–water partition coefficient (Wildman–Crippen LogP) is 3.85. The number of hydrogen-bond donors (Lipinski definition) is 1. The van der Waals surface area contributed by atoms with Gasteiger partial charge in [0.25, 0.3) is 0 Å². The molecule has 1 saturated carbocycles. The number of likely N-dealkylation sites (tertiary alicyclic amines) is 1. The maximum Gasteiger partial charge on any atom is 0.124 e. The van der Waals surface area contributed by atoms with Gasteiger partial charge in [-0.1, -0.05) is 28.4 Å². The van der Waals surface area contributed by atoms with Gasteiger partial charge in [-0.3, -0.25) is 4.90 Å². The summed E-state index contributed by atoms with van der Waals surface area (Å²) in [6, 6.07) is 5.85. The van der Waals surface area contributed by atoms with Crippen molar-refractivity contribution in [1.82, 2.24) is 4.90 Å². The van der Waals surface area contributed by atoms with Crippen LogP contribution in [0.15, 0.2) is 22.7 Å². The van der Waals surface area contributed by atoms with Crippen LogP contribution in [0.5, 0.6) is 0 Å². The van der Waals surface area contributed by atoms with E-state index < -0.39 is 0 Å². The molecule has 0 bridgehead atoms. The van der Waals surface area contributed by atoms with Crippen LogP contribution in [0.3, 0.4) is 0 Å². The second-order valence-electron chi connectivity index (χ2n) is 6.06. The molecule has 0 spiro atoms. The van der Waals surface area contributed by atoms with Crippen molar-refractivity contribution in [3.8, 4) is 0 Å². The number of rotatable bonds is 3. The monoisotopic (exact) mass is 340 g/mol. The van der Waals surface area contributed by atoms with E-state index in [1.165, 1.54) is 32.1 Å². The molecule has 0 radical (unpaired) electrons. The van der Waals surface area contributed by atoms with Gasteiger partial charge in [-0.15, -0.1) is 0 Å². The SMILES string of the molecule is NCC(c1ccc(F)cc1Br)N1CCCC2CCCC21. The number of fused-ring (bicyclic) bond motifs is 1. The van der Waals surface area contributed by atoms with E-state index in [2.05, 4.69) is 20.8 Å². The highest BCUT2D eigenvalue weighted by atomic mass is 79.9. The molecule has 2 aliphatic rings. The second-order valence-corrected chi connectivity index (χ2v) is 6.91. The summed E-state index contributed by atoms with van der Waals surface area (Å²) in [7, 11) is 0. The van der Waals surface area contributed by atoms with Crippen molar-refractivity contribution in [2.45, 2.75) is 44.2 Å². The Bertz CT molecular complexity index is 480. The van der Waals surface area contributed by atoms with Gasteiger partial charge >= 0.3 is 0 Å². The van der Waals surface area contributed by atoms with Gasteiger partial charge in [-0.05, 0) is 55.8 Å². The van der Waals surface area contributed by atoms with Gasteiger partial charge in [-0.2, -0.15) is 0 Å². The molecule has 4 heteroatoms. The highest BCUT2D eigenvalue weighted by Crippen LogP contribution is 2.41. The van der Waals surface area contributed by atoms with Crippen LogP contribution in [0.2, 0.25) is 0 Å². The zero-order chi connectivity index (χ0) is 14.1. The van der Waals surface area contributed by atoms with E-state index in [0.29, 0.717) is 12.6 Å². The Hall–Kier alpha value is -0.450. The van der Waals surface area contributed by atoms with Crippen LogP contribution in [0, 0.1) is 11.7 Å². The van der Waals surface area contributed by atoms with Crippen molar-refractivity contribution >= 4 is 15.9 Å². The maximum absolute atomic E-state index is 13.3. The standard InChI is InChI=1S/C16H22BrFN2/c17-14-9-12(18)6-7-13(14)16(10-19)20-8-2-4-11-3-1-5-15(11)20/h6-7,9,11,15-16H,1-5,8,10,19H2. The molecular formula is C16H22BrFN2. The summed E-state index contributed by atoms with van der Waals surface area (Å²) in [6.07, 6.45) is 6.62. The molecule has 110 valence electrons. The Balaban J connectivity index is 1.88. The van der Waals surface area contributed by atoms with Crippen LogP contribution in [-0.2, 0) is 0 Å². The van der Waals surface area contributed by atoms with Gasteiger partial charge in [0.05, 0.1) is 0 Å². The van der Waals surface area contributed by atoms with Crippen LogP contribution in [0.25, 0.3) is 0 Å². The summed E-state index contributed by atoms with van der Waals surface area (Å²) < 4.78 is 14.1. The lowest BCUT2D eigenvalue weighted by molar-refractivity contribution is 0.0698. The first-order valence-corrected chi connectivity index (χ1v) is 8.40. The lowest BCUT2D eigenvalue weighted by Gasteiger charge is -2.43. The van der Waals surface area contributed by atoms with E-state index in [9.17, 15) is 4.39 Å². The van der Waals surface area contributed by atoms with E-state index in [1.54, 1.807) is 12.1 Å². The normalized spacial score (nSPS) is 28.4. The van der Waals surface area contributed by atoms with E-state index >= 15 is 0 Å². The molecule has 1 aliphatic carbocycles. The van der Waals surface area contributed by atoms with Gasteiger partial charge in [0.15, 0.2) is 0 Å². The molecule has 3 unspecified atom stereocenters. The van der Waals surface area contributed by atoms with Gasteiger partial charge in [-0.25, -0.2) is 4.39 Å². The molecule has 2 fully saturated rings. The summed E-state index contributed by atoms with van der Waals surface area (Å²) in [6.45, 7) is 1.71. The van der Waals surface area contributed by atoms with E-state index in [0.717, 1.165) is 22.5 Å². The summed E-state index contributed by atoms with van der Waals surface area (Å²) in [5.74, 6) is 0.644. The van der Waals surface area contributed by atoms with Gasteiger partial charge in [0.2, 0.25) is 0 Å². The average molecular weight is 341 g/mol. The Kier molecular flexibility index (Phi) is 4.43. The molecule has 1 saturated heterocycles. The molecule has 1 aliphatic heterocycles. The summed E-state index contributed by atoms with van der Waals surface area (Å²) in [5.41, 5.74) is 7.20. The Labute approximate surface area is 128 Å². The molecule has 1 aromatic rings. The molecule has 1 aromatic carbocycles. The Morgan fingerprint density at radius 3 is 2.85 bits per heavy atom. The van der Waals surface area contributed by atoms with Gasteiger partial charge in [0, 0.05) is 23.1 Å². The highest BCUT2D eigenvalue weighted by molar-refractivity contribution is 9.10. The van der Waals surface area contributed by atoms with Gasteiger partial charge in [0.1, 0.15) is 5.82 Å². The Morgan fingerprint density at radius 1 is 1.30 bits per heavy atom. The minimum Gasteiger partial charge on any atom is -0.329 e. The van der Waals surface area contributed by atoms with Crippen LogP contribution in [-0.4, -0.2) is 24.0 Å². The smallest absolute Gasteiger partial charge is 0.124 e. The third-order valence-electron chi connectivity index (χ3n) is 4.98. The number of piperidine rings is 1. The molecule has 0 amide bonds. The topological polar surface area (TPSA) is 29.3 Å². The van der Waals surface area contributed by atoms with E-state index in [1.807, 2.05) is 6.07 Å². The highest BCUT2D eigenvalue weighted by Gasteiger charge is 2.38. The number of nitrogens with zero attached hydrogens (tertiary/aromatic N) is 1. The molecule has 1 heterocycles. The largest absolute Gasteiger partial charge is 0.329 e.